The van der Waals surface area contributed by atoms with Crippen molar-refractivity contribution in [3.05, 3.63) is 35.9 Å². The Kier molecular flexibility index (Phi) is 4.57. The number of rotatable bonds is 5. The normalized spacial score (nSPS) is 29.6. The van der Waals surface area contributed by atoms with Crippen LogP contribution in [0.15, 0.2) is 30.3 Å². The fourth-order valence-corrected chi connectivity index (χ4v) is 3.67. The number of nitrogens with zero attached hydrogens (tertiary/aromatic N) is 2. The number of nitriles is 1. The number of piperidine rings is 1. The van der Waals surface area contributed by atoms with Crippen molar-refractivity contribution in [3.8, 4) is 6.07 Å². The van der Waals surface area contributed by atoms with Gasteiger partial charge < -0.3 is 4.74 Å². The minimum Gasteiger partial charge on any atom is -0.376 e. The van der Waals surface area contributed by atoms with Crippen LogP contribution in [-0.2, 0) is 11.3 Å². The predicted molar refractivity (Wildman–Crippen MR) is 82.6 cm³/mol. The molecule has 0 N–H and O–H groups in total. The van der Waals surface area contributed by atoms with Crippen molar-refractivity contribution in [1.82, 2.24) is 4.90 Å². The molecule has 0 spiro atoms. The van der Waals surface area contributed by atoms with Crippen molar-refractivity contribution in [2.75, 3.05) is 19.7 Å². The van der Waals surface area contributed by atoms with Gasteiger partial charge in [0.1, 0.15) is 5.54 Å². The minimum atomic E-state index is -0.179. The van der Waals surface area contributed by atoms with Gasteiger partial charge in [-0.3, -0.25) is 4.90 Å². The summed E-state index contributed by atoms with van der Waals surface area (Å²) in [6, 6.07) is 12.9. The molecular formula is C18H24N2O. The molecule has 1 aromatic rings. The maximum atomic E-state index is 9.58. The number of hydrogen-bond acceptors (Lipinski definition) is 3. The molecule has 0 amide bonds. The van der Waals surface area contributed by atoms with Crippen LogP contribution in [-0.4, -0.2) is 30.1 Å². The van der Waals surface area contributed by atoms with Gasteiger partial charge in [-0.2, -0.15) is 5.26 Å². The molecule has 112 valence electrons. The standard InChI is InChI=1S/C18H24N2O/c19-15-18(20-9-5-2-6-10-20)11-17(12-18)14-21-13-16-7-3-1-4-8-16/h1,3-4,7-8,17H,2,5-6,9-14H2. The molecule has 3 heteroatoms. The van der Waals surface area contributed by atoms with E-state index < -0.39 is 0 Å². The Morgan fingerprint density at radius 3 is 2.52 bits per heavy atom. The molecule has 0 unspecified atom stereocenters. The first-order valence-corrected chi connectivity index (χ1v) is 8.10. The smallest absolute Gasteiger partial charge is 0.109 e. The van der Waals surface area contributed by atoms with E-state index in [2.05, 4.69) is 23.1 Å². The van der Waals surface area contributed by atoms with Crippen LogP contribution in [0.4, 0.5) is 0 Å². The lowest BCUT2D eigenvalue weighted by Gasteiger charge is -2.50. The quantitative estimate of drug-likeness (QED) is 0.832. The van der Waals surface area contributed by atoms with Crippen molar-refractivity contribution in [3.63, 3.8) is 0 Å². The van der Waals surface area contributed by atoms with E-state index in [9.17, 15) is 5.26 Å². The summed E-state index contributed by atoms with van der Waals surface area (Å²) in [5.74, 6) is 0.551. The summed E-state index contributed by atoms with van der Waals surface area (Å²) in [5, 5.41) is 9.58. The summed E-state index contributed by atoms with van der Waals surface area (Å²) < 4.78 is 5.82. The SMILES string of the molecule is N#CC1(N2CCCCC2)CC(COCc2ccccc2)C1. The zero-order valence-corrected chi connectivity index (χ0v) is 12.6. The fraction of sp³-hybridized carbons (Fsp3) is 0.611. The van der Waals surface area contributed by atoms with E-state index in [1.165, 1.54) is 24.8 Å². The van der Waals surface area contributed by atoms with E-state index >= 15 is 0 Å². The molecule has 2 fully saturated rings. The Hall–Kier alpha value is -1.37. The van der Waals surface area contributed by atoms with Gasteiger partial charge in [0.2, 0.25) is 0 Å². The number of benzene rings is 1. The summed E-state index contributed by atoms with van der Waals surface area (Å²) in [7, 11) is 0. The average Bonchev–Trinajstić information content (AvgIpc) is 2.52. The molecule has 1 aliphatic carbocycles. The van der Waals surface area contributed by atoms with Gasteiger partial charge in [-0.15, -0.1) is 0 Å². The van der Waals surface area contributed by atoms with Crippen LogP contribution >= 0.6 is 0 Å². The third-order valence-corrected chi connectivity index (χ3v) is 4.89. The number of likely N-dealkylation sites (tertiary alicyclic amines) is 1. The number of hydrogen-bond donors (Lipinski definition) is 0. The van der Waals surface area contributed by atoms with Gasteiger partial charge in [-0.25, -0.2) is 0 Å². The second kappa shape index (κ2) is 6.60. The zero-order valence-electron chi connectivity index (χ0n) is 12.6. The van der Waals surface area contributed by atoms with E-state index in [0.29, 0.717) is 12.5 Å². The van der Waals surface area contributed by atoms with E-state index in [0.717, 1.165) is 32.5 Å². The van der Waals surface area contributed by atoms with Gasteiger partial charge in [0.15, 0.2) is 0 Å². The Morgan fingerprint density at radius 2 is 1.86 bits per heavy atom. The summed E-state index contributed by atoms with van der Waals surface area (Å²) in [4.78, 5) is 2.42. The average molecular weight is 284 g/mol. The fourth-order valence-electron chi connectivity index (χ4n) is 3.67. The first-order valence-electron chi connectivity index (χ1n) is 8.10. The van der Waals surface area contributed by atoms with Crippen molar-refractivity contribution in [1.29, 1.82) is 5.26 Å². The minimum absolute atomic E-state index is 0.179. The third-order valence-electron chi connectivity index (χ3n) is 4.89. The van der Waals surface area contributed by atoms with Gasteiger partial charge in [0.25, 0.3) is 0 Å². The van der Waals surface area contributed by atoms with E-state index in [-0.39, 0.29) is 5.54 Å². The molecule has 0 radical (unpaired) electrons. The molecule has 1 saturated carbocycles. The molecule has 1 saturated heterocycles. The van der Waals surface area contributed by atoms with Gasteiger partial charge in [0.05, 0.1) is 19.3 Å². The lowest BCUT2D eigenvalue weighted by Crippen LogP contribution is -2.58. The Labute approximate surface area is 127 Å². The summed E-state index contributed by atoms with van der Waals surface area (Å²) in [6.07, 6.45) is 5.79. The van der Waals surface area contributed by atoms with E-state index in [1.807, 2.05) is 18.2 Å². The predicted octanol–water partition coefficient (Wildman–Crippen LogP) is 3.36. The lowest BCUT2D eigenvalue weighted by molar-refractivity contribution is -0.0348. The van der Waals surface area contributed by atoms with Crippen molar-refractivity contribution >= 4 is 0 Å². The zero-order chi connectivity index (χ0) is 14.5. The van der Waals surface area contributed by atoms with Gasteiger partial charge in [-0.05, 0) is 50.3 Å². The first-order chi connectivity index (χ1) is 10.3. The molecule has 3 rings (SSSR count). The molecule has 0 aromatic heterocycles. The lowest BCUT2D eigenvalue weighted by atomic mass is 9.68. The van der Waals surface area contributed by atoms with E-state index in [1.54, 1.807) is 0 Å². The van der Waals surface area contributed by atoms with Crippen LogP contribution in [0.25, 0.3) is 0 Å². The van der Waals surface area contributed by atoms with Crippen LogP contribution in [0.1, 0.15) is 37.7 Å². The molecule has 1 aromatic carbocycles. The Morgan fingerprint density at radius 1 is 1.14 bits per heavy atom. The van der Waals surface area contributed by atoms with Crippen LogP contribution in [0.5, 0.6) is 0 Å². The molecule has 3 nitrogen and oxygen atoms in total. The van der Waals surface area contributed by atoms with Crippen LogP contribution < -0.4 is 0 Å². The topological polar surface area (TPSA) is 36.3 Å². The summed E-state index contributed by atoms with van der Waals surface area (Å²) >= 11 is 0. The van der Waals surface area contributed by atoms with Gasteiger partial charge in [-0.1, -0.05) is 36.8 Å². The van der Waals surface area contributed by atoms with Crippen molar-refractivity contribution < 1.29 is 4.74 Å². The molecule has 21 heavy (non-hydrogen) atoms. The highest BCUT2D eigenvalue weighted by atomic mass is 16.5. The first kappa shape index (κ1) is 14.6. The highest BCUT2D eigenvalue weighted by Crippen LogP contribution is 2.43. The molecular weight excluding hydrogens is 260 g/mol. The Bertz CT molecular complexity index is 482. The highest BCUT2D eigenvalue weighted by molar-refractivity contribution is 5.17. The monoisotopic (exact) mass is 284 g/mol. The van der Waals surface area contributed by atoms with Gasteiger partial charge in [0, 0.05) is 0 Å². The maximum Gasteiger partial charge on any atom is 0.109 e. The number of ether oxygens (including phenoxy) is 1. The maximum absolute atomic E-state index is 9.58. The van der Waals surface area contributed by atoms with Gasteiger partial charge >= 0.3 is 0 Å². The summed E-state index contributed by atoms with van der Waals surface area (Å²) in [6.45, 7) is 3.67. The van der Waals surface area contributed by atoms with Crippen LogP contribution in [0.2, 0.25) is 0 Å². The molecule has 2 aliphatic rings. The third kappa shape index (κ3) is 3.28. The second-order valence-electron chi connectivity index (χ2n) is 6.47. The molecule has 1 aliphatic heterocycles. The highest BCUT2D eigenvalue weighted by Gasteiger charge is 2.49. The molecule has 0 atom stereocenters. The largest absolute Gasteiger partial charge is 0.376 e. The molecule has 1 heterocycles. The van der Waals surface area contributed by atoms with Crippen molar-refractivity contribution in [2.45, 2.75) is 44.2 Å². The van der Waals surface area contributed by atoms with Crippen LogP contribution in [0, 0.1) is 17.2 Å². The van der Waals surface area contributed by atoms with Crippen LogP contribution in [0.3, 0.4) is 0 Å². The Balaban J connectivity index is 1.43. The van der Waals surface area contributed by atoms with Crippen molar-refractivity contribution in [2.24, 2.45) is 5.92 Å². The molecule has 0 bridgehead atoms. The second-order valence-corrected chi connectivity index (χ2v) is 6.47. The van der Waals surface area contributed by atoms with E-state index in [4.69, 9.17) is 4.74 Å². The summed E-state index contributed by atoms with van der Waals surface area (Å²) in [5.41, 5.74) is 1.04.